The summed E-state index contributed by atoms with van der Waals surface area (Å²) >= 11 is 0. The molecule has 0 N–H and O–H groups in total. The van der Waals surface area contributed by atoms with E-state index in [0.717, 1.165) is 24.9 Å². The van der Waals surface area contributed by atoms with Gasteiger partial charge in [-0.15, -0.1) is 0 Å². The van der Waals surface area contributed by atoms with Gasteiger partial charge in [0.25, 0.3) is 0 Å². The lowest BCUT2D eigenvalue weighted by atomic mass is 10.6. The fourth-order valence-electron chi connectivity index (χ4n) is 7.56. The molecule has 49 heavy (non-hydrogen) atoms. The van der Waals surface area contributed by atoms with Gasteiger partial charge in [-0.25, -0.2) is 0 Å². The van der Waals surface area contributed by atoms with E-state index in [4.69, 9.17) is 41.2 Å². The highest BCUT2D eigenvalue weighted by atomic mass is 28.5. The van der Waals surface area contributed by atoms with Crippen LogP contribution in [0.2, 0.25) is 156 Å². The minimum atomic E-state index is -2.69. The highest BCUT2D eigenvalue weighted by molar-refractivity contribution is 6.93. The molecule has 0 aliphatic rings. The van der Waals surface area contributed by atoms with Gasteiger partial charge in [-0.2, -0.15) is 0 Å². The molecule has 0 unspecified atom stereocenters. The van der Waals surface area contributed by atoms with E-state index < -0.39 is 93.7 Å². The quantitative estimate of drug-likeness (QED) is 0.0873. The van der Waals surface area contributed by atoms with Crippen molar-refractivity contribution >= 4 is 93.7 Å². The van der Waals surface area contributed by atoms with Gasteiger partial charge in [0.15, 0.2) is 16.6 Å². The molecule has 21 heteroatoms. The second-order valence-corrected chi connectivity index (χ2v) is 60.0. The summed E-state index contributed by atoms with van der Waals surface area (Å²) in [6.45, 7) is 51.4. The van der Waals surface area contributed by atoms with Crippen molar-refractivity contribution in [1.82, 2.24) is 0 Å². The molecule has 0 aromatic heterocycles. The van der Waals surface area contributed by atoms with E-state index in [1.54, 1.807) is 0 Å². The van der Waals surface area contributed by atoms with Crippen LogP contribution in [0.1, 0.15) is 26.7 Å². The predicted molar refractivity (Wildman–Crippen MR) is 233 cm³/mol. The van der Waals surface area contributed by atoms with Crippen LogP contribution >= 0.6 is 0 Å². The lowest BCUT2D eigenvalue weighted by Gasteiger charge is -2.45. The Morgan fingerprint density at radius 2 is 0.347 bits per heavy atom. The van der Waals surface area contributed by atoms with Crippen LogP contribution < -0.4 is 0 Å². The first-order valence-corrected chi connectivity index (χ1v) is 49.8. The zero-order valence-electron chi connectivity index (χ0n) is 36.4. The molecule has 0 aliphatic carbocycles. The van der Waals surface area contributed by atoms with Gasteiger partial charge in [0, 0.05) is 0 Å². The minimum Gasteiger partial charge on any atom is -0.436 e. The molecule has 0 rings (SSSR count). The van der Waals surface area contributed by atoms with Gasteiger partial charge in [-0.1, -0.05) is 26.7 Å². The van der Waals surface area contributed by atoms with Crippen molar-refractivity contribution in [2.45, 2.75) is 183 Å². The highest BCUT2D eigenvalue weighted by Gasteiger charge is 2.51. The Morgan fingerprint density at radius 3 is 0.469 bits per heavy atom. The summed E-state index contributed by atoms with van der Waals surface area (Å²) in [5, 5.41) is 0. The molecular weight excluding hydrogens is 805 g/mol. The Balaban J connectivity index is 5.54. The number of hydrogen-bond donors (Lipinski definition) is 0. The zero-order chi connectivity index (χ0) is 39.4. The van der Waals surface area contributed by atoms with Crippen LogP contribution in [0.3, 0.4) is 0 Å². The van der Waals surface area contributed by atoms with Gasteiger partial charge < -0.3 is 41.2 Å². The van der Waals surface area contributed by atoms with Crippen molar-refractivity contribution in [2.24, 2.45) is 0 Å². The fraction of sp³-hybridized carbons (Fsp3) is 1.00. The van der Waals surface area contributed by atoms with E-state index >= 15 is 0 Å². The molecule has 0 radical (unpaired) electrons. The van der Waals surface area contributed by atoms with Crippen LogP contribution in [0, 0.1) is 0 Å². The minimum absolute atomic E-state index is 1.12. The topological polar surface area (TPSA) is 92.3 Å². The molecule has 0 heterocycles. The molecule has 0 aromatic carbocycles. The fourth-order valence-corrected chi connectivity index (χ4v) is 64.2. The summed E-state index contributed by atoms with van der Waals surface area (Å²) in [6, 6.07) is 2.25. The van der Waals surface area contributed by atoms with E-state index in [0.29, 0.717) is 0 Å². The molecule has 0 saturated carbocycles. The highest BCUT2D eigenvalue weighted by Crippen LogP contribution is 2.31. The summed E-state index contributed by atoms with van der Waals surface area (Å²) < 4.78 is 67.5. The van der Waals surface area contributed by atoms with Gasteiger partial charge in [-0.05, 0) is 156 Å². The largest absolute Gasteiger partial charge is 0.436 e. The molecule has 0 bridgehead atoms. The van der Waals surface area contributed by atoms with Crippen molar-refractivity contribution < 1.29 is 41.2 Å². The summed E-state index contributed by atoms with van der Waals surface area (Å²) in [5.74, 6) is 0. The van der Waals surface area contributed by atoms with Gasteiger partial charge in [0.05, 0.1) is 0 Å². The van der Waals surface area contributed by atoms with Crippen LogP contribution in [-0.2, 0) is 41.2 Å². The Kier molecular flexibility index (Phi) is 18.6. The maximum absolute atomic E-state index is 6.81. The van der Waals surface area contributed by atoms with Crippen LogP contribution in [0.4, 0.5) is 0 Å². The van der Waals surface area contributed by atoms with Crippen molar-refractivity contribution in [2.75, 3.05) is 0 Å². The van der Waals surface area contributed by atoms with Crippen LogP contribution in [0.25, 0.3) is 0 Å². The zero-order valence-corrected chi connectivity index (χ0v) is 47.4. The molecule has 0 aromatic rings. The Bertz CT molecular complexity index is 959. The number of hydrogen-bond acceptors (Lipinski definition) is 10. The van der Waals surface area contributed by atoms with Crippen molar-refractivity contribution in [3.63, 3.8) is 0 Å². The third kappa shape index (κ3) is 23.5. The van der Waals surface area contributed by atoms with Crippen molar-refractivity contribution in [3.05, 3.63) is 0 Å². The van der Waals surface area contributed by atoms with Gasteiger partial charge >= 0.3 is 77.0 Å². The first-order valence-electron chi connectivity index (χ1n) is 18.2. The lowest BCUT2D eigenvalue weighted by molar-refractivity contribution is 0.255. The lowest BCUT2D eigenvalue weighted by Crippen LogP contribution is -2.62. The standard InChI is InChI=1S/C28H80O10Si11/c1-25-27-39(3,4)29-41(7,8)31-43(11,12)33-45(15,16)35-47(19,20)37-49(23,24)38-48(21,22)36-46(17,18)34-44(13,14)32-42(9,10)30-40(5,6)28-26-2/h25-28H2,1-24H3. The van der Waals surface area contributed by atoms with Crippen molar-refractivity contribution in [1.29, 1.82) is 0 Å². The third-order valence-corrected chi connectivity index (χ3v) is 49.9. The maximum atomic E-state index is 6.81. The van der Waals surface area contributed by atoms with E-state index in [1.807, 2.05) is 0 Å². The molecule has 0 saturated heterocycles. The van der Waals surface area contributed by atoms with Gasteiger partial charge in [-0.3, -0.25) is 0 Å². The average molecular weight is 886 g/mol. The average Bonchev–Trinajstić information content (AvgIpc) is 2.62. The Hall–Kier alpha value is 1.99. The van der Waals surface area contributed by atoms with Gasteiger partial charge in [0.1, 0.15) is 0 Å². The summed E-state index contributed by atoms with van der Waals surface area (Å²) in [7, 11) is -26.8. The van der Waals surface area contributed by atoms with Crippen LogP contribution in [0.15, 0.2) is 0 Å². The molecule has 0 fully saturated rings. The first kappa shape index (κ1) is 51.0. The summed E-state index contributed by atoms with van der Waals surface area (Å²) in [6.07, 6.45) is 2.25. The summed E-state index contributed by atoms with van der Waals surface area (Å²) in [4.78, 5) is 0. The second-order valence-electron chi connectivity index (χ2n) is 18.6. The van der Waals surface area contributed by atoms with E-state index in [-0.39, 0.29) is 0 Å². The first-order chi connectivity index (χ1) is 21.2. The van der Waals surface area contributed by atoms with E-state index in [2.05, 4.69) is 158 Å². The van der Waals surface area contributed by atoms with E-state index in [9.17, 15) is 0 Å². The SMILES string of the molecule is CCC[Si](C)(C)O[Si](C)(C)O[Si](C)(C)O[Si](C)(C)O[Si](C)(C)O[Si](C)(C)O[Si](C)(C)O[Si](C)(C)O[Si](C)(C)O[Si](C)(C)O[Si](C)(C)CCC. The molecule has 0 spiro atoms. The van der Waals surface area contributed by atoms with Crippen molar-refractivity contribution in [3.8, 4) is 0 Å². The Morgan fingerprint density at radius 1 is 0.224 bits per heavy atom. The molecule has 0 atom stereocenters. The van der Waals surface area contributed by atoms with Crippen LogP contribution in [0.5, 0.6) is 0 Å². The third-order valence-electron chi connectivity index (χ3n) is 6.68. The Labute approximate surface area is 315 Å². The molecule has 0 aliphatic heterocycles. The smallest absolute Gasteiger partial charge is 0.314 e. The molecule has 10 nitrogen and oxygen atoms in total. The molecule has 296 valence electrons. The normalized spacial score (nSPS) is 15.7. The van der Waals surface area contributed by atoms with Crippen LogP contribution in [-0.4, -0.2) is 93.7 Å². The number of rotatable bonds is 24. The predicted octanol–water partition coefficient (Wildman–Crippen LogP) is 10.7. The molecule has 0 amide bonds. The second kappa shape index (κ2) is 17.8. The monoisotopic (exact) mass is 884 g/mol. The van der Waals surface area contributed by atoms with E-state index in [1.165, 1.54) is 0 Å². The van der Waals surface area contributed by atoms with Gasteiger partial charge in [0.2, 0.25) is 0 Å². The maximum Gasteiger partial charge on any atom is 0.314 e. The summed E-state index contributed by atoms with van der Waals surface area (Å²) in [5.41, 5.74) is 0. The molecular formula is C28H80O10Si11.